The molecule has 0 spiro atoms. The van der Waals surface area contributed by atoms with Gasteiger partial charge in [-0.3, -0.25) is 4.90 Å². The van der Waals surface area contributed by atoms with E-state index in [9.17, 15) is 4.79 Å². The number of benzene rings is 3. The molecule has 5 rings (SSSR count). The van der Waals surface area contributed by atoms with Gasteiger partial charge in [-0.1, -0.05) is 72.8 Å². The van der Waals surface area contributed by atoms with Crippen molar-refractivity contribution in [3.63, 3.8) is 0 Å². The van der Waals surface area contributed by atoms with Gasteiger partial charge in [0.15, 0.2) is 12.4 Å². The van der Waals surface area contributed by atoms with Crippen molar-refractivity contribution in [2.75, 3.05) is 13.2 Å². The molecule has 6 nitrogen and oxygen atoms in total. The minimum Gasteiger partial charge on any atom is -0.482 e. The van der Waals surface area contributed by atoms with E-state index in [2.05, 4.69) is 17.0 Å². The molecule has 1 N–H and O–H groups in total. The summed E-state index contributed by atoms with van der Waals surface area (Å²) in [6.45, 7) is 1.30. The molecule has 1 saturated heterocycles. The number of rotatable bonds is 8. The van der Waals surface area contributed by atoms with Gasteiger partial charge < -0.3 is 14.3 Å². The summed E-state index contributed by atoms with van der Waals surface area (Å²) in [7, 11) is 0. The summed E-state index contributed by atoms with van der Waals surface area (Å²) in [5.74, 6) is 1.09. The number of ether oxygens (including phenoxy) is 1. The smallest absolute Gasteiger partial charge is 0.341 e. The highest BCUT2D eigenvalue weighted by molar-refractivity contribution is 5.76. The zero-order valence-electron chi connectivity index (χ0n) is 18.8. The predicted octanol–water partition coefficient (Wildman–Crippen LogP) is 5.81. The van der Waals surface area contributed by atoms with Crippen molar-refractivity contribution in [1.29, 1.82) is 0 Å². The summed E-state index contributed by atoms with van der Waals surface area (Å²) in [6, 6.07) is 27.9. The number of nitrogens with zero attached hydrogens (tertiary/aromatic N) is 2. The minimum atomic E-state index is -0.989. The van der Waals surface area contributed by atoms with Crippen LogP contribution in [0.2, 0.25) is 0 Å². The van der Waals surface area contributed by atoms with E-state index in [1.807, 2.05) is 66.7 Å². The Balaban J connectivity index is 1.43. The van der Waals surface area contributed by atoms with Crippen molar-refractivity contribution in [2.24, 2.45) is 0 Å². The van der Waals surface area contributed by atoms with Crippen molar-refractivity contribution in [2.45, 2.75) is 25.4 Å². The topological polar surface area (TPSA) is 75.8 Å². The maximum Gasteiger partial charge on any atom is 0.341 e. The largest absolute Gasteiger partial charge is 0.482 e. The Hall–Kier alpha value is -3.90. The number of hydrogen-bond donors (Lipinski definition) is 1. The van der Waals surface area contributed by atoms with Crippen molar-refractivity contribution in [3.8, 4) is 28.3 Å². The number of carboxylic acid groups (broad SMARTS) is 1. The van der Waals surface area contributed by atoms with E-state index in [0.717, 1.165) is 53.4 Å². The molecule has 34 heavy (non-hydrogen) atoms. The highest BCUT2D eigenvalue weighted by Crippen LogP contribution is 2.39. The molecule has 1 aliphatic heterocycles. The van der Waals surface area contributed by atoms with Gasteiger partial charge in [-0.25, -0.2) is 9.78 Å². The lowest BCUT2D eigenvalue weighted by molar-refractivity contribution is -0.139. The first-order valence-electron chi connectivity index (χ1n) is 11.5. The number of oxazole rings is 1. The fourth-order valence-corrected chi connectivity index (χ4v) is 4.46. The van der Waals surface area contributed by atoms with Gasteiger partial charge in [-0.2, -0.15) is 0 Å². The highest BCUT2D eigenvalue weighted by atomic mass is 16.5. The van der Waals surface area contributed by atoms with Gasteiger partial charge >= 0.3 is 5.97 Å². The van der Waals surface area contributed by atoms with Crippen LogP contribution in [0.3, 0.4) is 0 Å². The van der Waals surface area contributed by atoms with Crippen LogP contribution in [-0.4, -0.2) is 34.1 Å². The zero-order chi connectivity index (χ0) is 23.3. The van der Waals surface area contributed by atoms with Gasteiger partial charge in [0.2, 0.25) is 5.89 Å². The Bertz CT molecular complexity index is 1200. The van der Waals surface area contributed by atoms with Crippen molar-refractivity contribution in [1.82, 2.24) is 9.88 Å². The molecule has 2 heterocycles. The fraction of sp³-hybridized carbons (Fsp3) is 0.214. The van der Waals surface area contributed by atoms with Crippen molar-refractivity contribution < 1.29 is 19.1 Å². The third kappa shape index (κ3) is 4.87. The van der Waals surface area contributed by atoms with Gasteiger partial charge in [-0.05, 0) is 37.1 Å². The third-order valence-electron chi connectivity index (χ3n) is 6.02. The second kappa shape index (κ2) is 9.93. The lowest BCUT2D eigenvalue weighted by atomic mass is 10.1. The molecule has 4 aromatic rings. The quantitative estimate of drug-likeness (QED) is 0.362. The Morgan fingerprint density at radius 2 is 1.74 bits per heavy atom. The molecule has 0 amide bonds. The Morgan fingerprint density at radius 1 is 1.00 bits per heavy atom. The molecule has 1 aliphatic rings. The van der Waals surface area contributed by atoms with E-state index < -0.39 is 5.97 Å². The summed E-state index contributed by atoms with van der Waals surface area (Å²) in [6.07, 6.45) is 2.03. The van der Waals surface area contributed by atoms with Crippen molar-refractivity contribution in [3.05, 3.63) is 96.4 Å². The van der Waals surface area contributed by atoms with Crippen LogP contribution >= 0.6 is 0 Å². The lowest BCUT2D eigenvalue weighted by Crippen LogP contribution is -2.23. The minimum absolute atomic E-state index is 0.0727. The van der Waals surface area contributed by atoms with Crippen LogP contribution in [0.15, 0.2) is 89.3 Å². The van der Waals surface area contributed by atoms with Crippen LogP contribution in [-0.2, 0) is 11.3 Å². The van der Waals surface area contributed by atoms with Crippen molar-refractivity contribution >= 4 is 5.97 Å². The SMILES string of the molecule is O=C(O)COc1cccc(CN2CCC[C@@H]2c2nc(-c3ccccc3)c(-c3ccccc3)o2)c1. The monoisotopic (exact) mass is 454 g/mol. The molecule has 0 radical (unpaired) electrons. The summed E-state index contributed by atoms with van der Waals surface area (Å²) < 4.78 is 11.8. The van der Waals surface area contributed by atoms with Crippen LogP contribution < -0.4 is 4.74 Å². The van der Waals surface area contributed by atoms with Gasteiger partial charge in [0, 0.05) is 17.7 Å². The van der Waals surface area contributed by atoms with E-state index in [1.54, 1.807) is 6.07 Å². The summed E-state index contributed by atoms with van der Waals surface area (Å²) >= 11 is 0. The number of aliphatic carboxylic acids is 1. The van der Waals surface area contributed by atoms with E-state index in [4.69, 9.17) is 19.2 Å². The van der Waals surface area contributed by atoms with Crippen LogP contribution in [0.4, 0.5) is 0 Å². The lowest BCUT2D eigenvalue weighted by Gasteiger charge is -2.22. The maximum atomic E-state index is 10.8. The van der Waals surface area contributed by atoms with Crippen LogP contribution in [0.5, 0.6) is 5.75 Å². The second-order valence-electron chi connectivity index (χ2n) is 8.42. The highest BCUT2D eigenvalue weighted by Gasteiger charge is 2.31. The van der Waals surface area contributed by atoms with E-state index >= 15 is 0 Å². The first-order valence-corrected chi connectivity index (χ1v) is 11.5. The molecule has 0 bridgehead atoms. The summed E-state index contributed by atoms with van der Waals surface area (Å²) in [5.41, 5.74) is 3.96. The Kier molecular flexibility index (Phi) is 6.40. The van der Waals surface area contributed by atoms with Gasteiger partial charge in [-0.15, -0.1) is 0 Å². The van der Waals surface area contributed by atoms with Gasteiger partial charge in [0.05, 0.1) is 6.04 Å². The number of aromatic nitrogens is 1. The molecule has 0 unspecified atom stereocenters. The molecular weight excluding hydrogens is 428 g/mol. The standard InChI is InChI=1S/C28H26N2O4/c31-25(32)19-33-23-14-7-9-20(17-23)18-30-16-8-15-24(30)28-29-26(21-10-3-1-4-11-21)27(34-28)22-12-5-2-6-13-22/h1-7,9-14,17,24H,8,15-16,18-19H2,(H,31,32)/t24-/m1/s1. The first kappa shape index (κ1) is 21.9. The van der Waals surface area contributed by atoms with Crippen LogP contribution in [0.1, 0.15) is 30.3 Å². The van der Waals surface area contributed by atoms with E-state index in [-0.39, 0.29) is 12.6 Å². The summed E-state index contributed by atoms with van der Waals surface area (Å²) in [5, 5.41) is 8.87. The van der Waals surface area contributed by atoms with E-state index in [0.29, 0.717) is 12.3 Å². The normalized spacial score (nSPS) is 15.9. The molecule has 3 aromatic carbocycles. The molecule has 6 heteroatoms. The van der Waals surface area contributed by atoms with Crippen LogP contribution in [0, 0.1) is 0 Å². The Morgan fingerprint density at radius 3 is 2.47 bits per heavy atom. The third-order valence-corrected chi connectivity index (χ3v) is 6.02. The molecular formula is C28H26N2O4. The predicted molar refractivity (Wildman–Crippen MR) is 129 cm³/mol. The zero-order valence-corrected chi connectivity index (χ0v) is 18.8. The van der Waals surface area contributed by atoms with E-state index in [1.165, 1.54) is 0 Å². The number of likely N-dealkylation sites (tertiary alicyclic amines) is 1. The first-order chi connectivity index (χ1) is 16.7. The molecule has 0 saturated carbocycles. The molecule has 1 atom stereocenters. The molecule has 1 fully saturated rings. The van der Waals surface area contributed by atoms with Gasteiger partial charge in [0.1, 0.15) is 11.4 Å². The number of carbonyl (C=O) groups is 1. The van der Waals surface area contributed by atoms with Gasteiger partial charge in [0.25, 0.3) is 0 Å². The second-order valence-corrected chi connectivity index (χ2v) is 8.42. The average Bonchev–Trinajstić information content (AvgIpc) is 3.51. The Labute approximate surface area is 198 Å². The molecule has 0 aliphatic carbocycles. The van der Waals surface area contributed by atoms with Crippen LogP contribution in [0.25, 0.3) is 22.6 Å². The number of carboxylic acids is 1. The molecule has 172 valence electrons. The molecule has 1 aromatic heterocycles. The average molecular weight is 455 g/mol. The fourth-order valence-electron chi connectivity index (χ4n) is 4.46. The summed E-state index contributed by atoms with van der Waals surface area (Å²) in [4.78, 5) is 18.2. The maximum absolute atomic E-state index is 10.8. The number of hydrogen-bond acceptors (Lipinski definition) is 5.